The van der Waals surface area contributed by atoms with Crippen molar-refractivity contribution in [2.24, 2.45) is 0 Å². The van der Waals surface area contributed by atoms with E-state index in [1.807, 2.05) is 19.9 Å². The highest BCUT2D eigenvalue weighted by Gasteiger charge is 2.25. The molecule has 1 fully saturated rings. The van der Waals surface area contributed by atoms with Gasteiger partial charge in [-0.3, -0.25) is 4.90 Å². The summed E-state index contributed by atoms with van der Waals surface area (Å²) >= 11 is 1.53. The number of aromatic nitrogens is 4. The fourth-order valence-corrected chi connectivity index (χ4v) is 3.72. The Morgan fingerprint density at radius 3 is 2.92 bits per heavy atom. The van der Waals surface area contributed by atoms with Crippen LogP contribution in [-0.2, 0) is 6.54 Å². The molecule has 1 saturated heterocycles. The van der Waals surface area contributed by atoms with Crippen molar-refractivity contribution in [1.82, 2.24) is 25.3 Å². The van der Waals surface area contributed by atoms with E-state index in [4.69, 9.17) is 4.74 Å². The second-order valence-corrected chi connectivity index (χ2v) is 7.11. The maximum Gasteiger partial charge on any atom is 0.294 e. The Morgan fingerprint density at radius 2 is 2.17 bits per heavy atom. The van der Waals surface area contributed by atoms with E-state index in [9.17, 15) is 0 Å². The minimum Gasteiger partial charge on any atom is -0.469 e. The average molecular weight is 348 g/mol. The summed E-state index contributed by atoms with van der Waals surface area (Å²) in [6, 6.07) is 4.55. The van der Waals surface area contributed by atoms with Crippen molar-refractivity contribution < 1.29 is 4.74 Å². The maximum absolute atomic E-state index is 5.40. The molecule has 2 aromatic rings. The van der Waals surface area contributed by atoms with E-state index < -0.39 is 0 Å². The topological polar surface area (TPSA) is 67.3 Å². The van der Waals surface area contributed by atoms with Gasteiger partial charge in [0, 0.05) is 19.1 Å². The van der Waals surface area contributed by atoms with Crippen LogP contribution in [0.4, 0.5) is 5.82 Å². The molecular formula is C16H24N6OS. The number of hydrogen-bond acceptors (Lipinski definition) is 8. The first-order valence-electron chi connectivity index (χ1n) is 8.36. The van der Waals surface area contributed by atoms with Crippen LogP contribution in [0.1, 0.15) is 30.5 Å². The van der Waals surface area contributed by atoms with Crippen molar-refractivity contribution in [3.8, 4) is 5.19 Å². The van der Waals surface area contributed by atoms with E-state index in [0.29, 0.717) is 17.8 Å². The zero-order valence-corrected chi connectivity index (χ0v) is 15.3. The summed E-state index contributed by atoms with van der Waals surface area (Å²) in [5.74, 6) is 0.966. The molecule has 2 aromatic heterocycles. The van der Waals surface area contributed by atoms with Crippen molar-refractivity contribution in [2.75, 3.05) is 31.6 Å². The first kappa shape index (κ1) is 17.0. The molecule has 3 rings (SSSR count). The van der Waals surface area contributed by atoms with Crippen LogP contribution in [0.5, 0.6) is 5.19 Å². The van der Waals surface area contributed by atoms with Gasteiger partial charge in [-0.2, -0.15) is 5.10 Å². The molecule has 0 amide bonds. The summed E-state index contributed by atoms with van der Waals surface area (Å²) in [4.78, 5) is 4.67. The molecule has 24 heavy (non-hydrogen) atoms. The molecule has 0 radical (unpaired) electrons. The van der Waals surface area contributed by atoms with Gasteiger partial charge in [-0.25, -0.2) is 0 Å². The Hall–Kier alpha value is -1.80. The van der Waals surface area contributed by atoms with Crippen LogP contribution in [0.15, 0.2) is 12.1 Å². The molecule has 1 aliphatic heterocycles. The molecule has 130 valence electrons. The highest BCUT2D eigenvalue weighted by Crippen LogP contribution is 2.23. The molecular weight excluding hydrogens is 324 g/mol. The second-order valence-electron chi connectivity index (χ2n) is 6.08. The van der Waals surface area contributed by atoms with Crippen molar-refractivity contribution in [1.29, 1.82) is 0 Å². The number of rotatable bonds is 6. The summed E-state index contributed by atoms with van der Waals surface area (Å²) in [7, 11) is 2.15. The van der Waals surface area contributed by atoms with Crippen molar-refractivity contribution in [2.45, 2.75) is 39.3 Å². The molecule has 7 nitrogen and oxygen atoms in total. The molecule has 0 unspecified atom stereocenters. The Morgan fingerprint density at radius 1 is 1.29 bits per heavy atom. The Labute approximate surface area is 146 Å². The quantitative estimate of drug-likeness (QED) is 0.792. The maximum atomic E-state index is 5.40. The minimum atomic E-state index is 0.473. The van der Waals surface area contributed by atoms with Gasteiger partial charge >= 0.3 is 0 Å². The predicted octanol–water partition coefficient (Wildman–Crippen LogP) is 2.14. The molecule has 0 aromatic carbocycles. The number of anilines is 1. The van der Waals surface area contributed by atoms with Crippen LogP contribution in [0.3, 0.4) is 0 Å². The van der Waals surface area contributed by atoms with Gasteiger partial charge in [0.15, 0.2) is 5.82 Å². The zero-order chi connectivity index (χ0) is 16.9. The summed E-state index contributed by atoms with van der Waals surface area (Å²) < 4.78 is 5.40. The third-order valence-electron chi connectivity index (χ3n) is 4.23. The van der Waals surface area contributed by atoms with Gasteiger partial charge in [-0.1, -0.05) is 11.3 Å². The number of hydrogen-bond donors (Lipinski definition) is 0. The third-order valence-corrected chi connectivity index (χ3v) is 5.05. The van der Waals surface area contributed by atoms with Crippen LogP contribution >= 0.6 is 11.3 Å². The summed E-state index contributed by atoms with van der Waals surface area (Å²) in [5.41, 5.74) is 0.950. The molecule has 0 bridgehead atoms. The highest BCUT2D eigenvalue weighted by atomic mass is 32.1. The molecule has 0 N–H and O–H groups in total. The van der Waals surface area contributed by atoms with E-state index in [-0.39, 0.29) is 0 Å². The van der Waals surface area contributed by atoms with Crippen molar-refractivity contribution in [3.05, 3.63) is 22.8 Å². The monoisotopic (exact) mass is 348 g/mol. The van der Waals surface area contributed by atoms with Crippen LogP contribution < -0.4 is 9.64 Å². The van der Waals surface area contributed by atoms with Gasteiger partial charge in [0.2, 0.25) is 0 Å². The largest absolute Gasteiger partial charge is 0.469 e. The smallest absolute Gasteiger partial charge is 0.294 e. The van der Waals surface area contributed by atoms with Crippen molar-refractivity contribution in [3.63, 3.8) is 0 Å². The fraction of sp³-hybridized carbons (Fsp3) is 0.625. The minimum absolute atomic E-state index is 0.473. The normalized spacial score (nSPS) is 18.2. The predicted molar refractivity (Wildman–Crippen MR) is 94.5 cm³/mol. The van der Waals surface area contributed by atoms with Gasteiger partial charge in [-0.15, -0.1) is 15.3 Å². The van der Waals surface area contributed by atoms with Crippen LogP contribution in [-0.4, -0.2) is 58.1 Å². The average Bonchev–Trinajstić information content (AvgIpc) is 3.03. The summed E-state index contributed by atoms with van der Waals surface area (Å²) in [5, 5.41) is 18.4. The highest BCUT2D eigenvalue weighted by molar-refractivity contribution is 7.13. The number of ether oxygens (including phenoxy) is 1. The SMILES string of the molecule is CCOc1nnc(CN(C)[C@@H]2CCCN(c3ccc(C)nn3)C2)s1. The third kappa shape index (κ3) is 4.18. The van der Waals surface area contributed by atoms with E-state index in [1.165, 1.54) is 17.8 Å². The van der Waals surface area contributed by atoms with E-state index in [2.05, 4.69) is 43.3 Å². The van der Waals surface area contributed by atoms with E-state index in [1.54, 1.807) is 0 Å². The second kappa shape index (κ2) is 7.85. The van der Waals surface area contributed by atoms with Gasteiger partial charge in [0.1, 0.15) is 5.01 Å². The van der Waals surface area contributed by atoms with Gasteiger partial charge in [0.25, 0.3) is 5.19 Å². The van der Waals surface area contributed by atoms with Crippen LogP contribution in [0.25, 0.3) is 0 Å². The molecule has 0 spiro atoms. The van der Waals surface area contributed by atoms with Gasteiger partial charge < -0.3 is 9.64 Å². The Kier molecular flexibility index (Phi) is 5.57. The lowest BCUT2D eigenvalue weighted by Gasteiger charge is -2.37. The first-order chi connectivity index (χ1) is 11.7. The molecule has 8 heteroatoms. The molecule has 3 heterocycles. The molecule has 1 aliphatic rings. The Bertz CT molecular complexity index is 646. The Balaban J connectivity index is 1.59. The number of aryl methyl sites for hydroxylation is 1. The number of nitrogens with zero attached hydrogens (tertiary/aromatic N) is 6. The lowest BCUT2D eigenvalue weighted by Crippen LogP contribution is -2.46. The van der Waals surface area contributed by atoms with Crippen molar-refractivity contribution >= 4 is 17.2 Å². The molecule has 0 aliphatic carbocycles. The number of piperidine rings is 1. The first-order valence-corrected chi connectivity index (χ1v) is 9.18. The van der Waals surface area contributed by atoms with Gasteiger partial charge in [-0.05, 0) is 45.9 Å². The standard InChI is InChI=1S/C16H24N6OS/c1-4-23-16-20-19-15(24-16)11-21(3)13-6-5-9-22(10-13)14-8-7-12(2)17-18-14/h7-8,13H,4-6,9-11H2,1-3H3/t13-/m1/s1. The molecule has 0 saturated carbocycles. The lowest BCUT2D eigenvalue weighted by molar-refractivity contribution is 0.207. The number of likely N-dealkylation sites (N-methyl/N-ethyl adjacent to an activating group) is 1. The van der Waals surface area contributed by atoms with Gasteiger partial charge in [0.05, 0.1) is 18.8 Å². The van der Waals surface area contributed by atoms with E-state index in [0.717, 1.165) is 42.6 Å². The van der Waals surface area contributed by atoms with Crippen LogP contribution in [0.2, 0.25) is 0 Å². The lowest BCUT2D eigenvalue weighted by atomic mass is 10.0. The fourth-order valence-electron chi connectivity index (χ4n) is 2.91. The molecule has 1 atom stereocenters. The van der Waals surface area contributed by atoms with Crippen LogP contribution in [0, 0.1) is 6.92 Å². The summed E-state index contributed by atoms with van der Waals surface area (Å²) in [6.45, 7) is 7.34. The zero-order valence-electron chi connectivity index (χ0n) is 14.5. The van der Waals surface area contributed by atoms with E-state index >= 15 is 0 Å². The summed E-state index contributed by atoms with van der Waals surface area (Å²) in [6.07, 6.45) is 2.34.